The lowest BCUT2D eigenvalue weighted by Crippen LogP contribution is -2.04. The van der Waals surface area contributed by atoms with Gasteiger partial charge in [-0.15, -0.1) is 0 Å². The Labute approximate surface area is 115 Å². The molecule has 0 bridgehead atoms. The Morgan fingerprint density at radius 1 is 0.950 bits per heavy atom. The molecule has 2 aromatic rings. The van der Waals surface area contributed by atoms with Crippen LogP contribution < -0.4 is 0 Å². The second-order valence-corrected chi connectivity index (χ2v) is 4.68. The molecule has 0 aliphatic rings. The molecule has 0 fully saturated rings. The fourth-order valence-corrected chi connectivity index (χ4v) is 1.61. The van der Waals surface area contributed by atoms with Gasteiger partial charge in [-0.3, -0.25) is 0 Å². The van der Waals surface area contributed by atoms with Crippen molar-refractivity contribution in [2.75, 3.05) is 0 Å². The Hall–Kier alpha value is -2.15. The zero-order valence-electron chi connectivity index (χ0n) is 11.1. The fraction of sp³-hybridized carbons (Fsp3) is 0.250. The summed E-state index contributed by atoms with van der Waals surface area (Å²) in [5.41, 5.74) is -0.163. The molecule has 2 rings (SSSR count). The van der Waals surface area contributed by atoms with Gasteiger partial charge in [-0.05, 0) is 42.3 Å². The molecular weight excluding hydrogens is 265 g/mol. The predicted octanol–water partition coefficient (Wildman–Crippen LogP) is 4.82. The first-order chi connectivity index (χ1) is 9.36. The molecule has 0 aliphatic heterocycles. The van der Waals surface area contributed by atoms with E-state index in [1.54, 1.807) is 6.07 Å². The third kappa shape index (κ3) is 3.45. The maximum atomic E-state index is 12.4. The van der Waals surface area contributed by atoms with Crippen molar-refractivity contribution in [1.82, 2.24) is 0 Å². The molecule has 20 heavy (non-hydrogen) atoms. The minimum atomic E-state index is -4.32. The molecule has 104 valence electrons. The van der Waals surface area contributed by atoms with E-state index in [0.29, 0.717) is 11.3 Å². The van der Waals surface area contributed by atoms with Crippen LogP contribution in [-0.2, 0) is 6.18 Å². The lowest BCUT2D eigenvalue weighted by atomic mass is 10.1. The van der Waals surface area contributed by atoms with Crippen molar-refractivity contribution in [2.24, 2.45) is 0 Å². The molecule has 0 N–H and O–H groups in total. The Bertz CT molecular complexity index is 637. The van der Waals surface area contributed by atoms with Crippen LogP contribution >= 0.6 is 0 Å². The van der Waals surface area contributed by atoms with Gasteiger partial charge in [0.15, 0.2) is 5.76 Å². The molecular formula is C16H13F3O. The molecule has 0 radical (unpaired) electrons. The minimum absolute atomic E-state index is 0.275. The van der Waals surface area contributed by atoms with Crippen molar-refractivity contribution in [3.05, 3.63) is 59.0 Å². The number of hydrogen-bond acceptors (Lipinski definition) is 1. The van der Waals surface area contributed by atoms with E-state index in [1.807, 2.05) is 19.9 Å². The maximum absolute atomic E-state index is 12.4. The van der Waals surface area contributed by atoms with E-state index in [-0.39, 0.29) is 5.92 Å². The highest BCUT2D eigenvalue weighted by atomic mass is 19.4. The summed E-state index contributed by atoms with van der Waals surface area (Å²) < 4.78 is 42.7. The van der Waals surface area contributed by atoms with Gasteiger partial charge in [-0.1, -0.05) is 19.8 Å². The topological polar surface area (TPSA) is 13.1 Å². The Morgan fingerprint density at radius 2 is 1.60 bits per heavy atom. The van der Waals surface area contributed by atoms with E-state index < -0.39 is 11.7 Å². The minimum Gasteiger partial charge on any atom is -0.452 e. The van der Waals surface area contributed by atoms with Gasteiger partial charge in [0.2, 0.25) is 0 Å². The Morgan fingerprint density at radius 3 is 2.10 bits per heavy atom. The number of furan rings is 1. The Balaban J connectivity index is 2.16. The van der Waals surface area contributed by atoms with Gasteiger partial charge in [0.05, 0.1) is 5.56 Å². The normalized spacial score (nSPS) is 11.3. The van der Waals surface area contributed by atoms with Crippen LogP contribution in [-0.4, -0.2) is 0 Å². The van der Waals surface area contributed by atoms with E-state index in [4.69, 9.17) is 4.42 Å². The van der Waals surface area contributed by atoms with Gasteiger partial charge in [0.25, 0.3) is 0 Å². The summed E-state index contributed by atoms with van der Waals surface area (Å²) >= 11 is 0. The van der Waals surface area contributed by atoms with E-state index in [9.17, 15) is 13.2 Å². The molecule has 0 unspecified atom stereocenters. The fourth-order valence-electron chi connectivity index (χ4n) is 1.61. The summed E-state index contributed by atoms with van der Waals surface area (Å²) in [6.45, 7) is 4.01. The van der Waals surface area contributed by atoms with Crippen LogP contribution in [0.2, 0.25) is 0 Å². The maximum Gasteiger partial charge on any atom is 0.416 e. The zero-order chi connectivity index (χ0) is 14.8. The number of rotatable bonds is 1. The van der Waals surface area contributed by atoms with Gasteiger partial charge >= 0.3 is 6.18 Å². The third-order valence-corrected chi connectivity index (χ3v) is 2.74. The van der Waals surface area contributed by atoms with Crippen LogP contribution in [0.3, 0.4) is 0 Å². The average molecular weight is 278 g/mol. The summed E-state index contributed by atoms with van der Waals surface area (Å²) in [6.07, 6.45) is -4.32. The lowest BCUT2D eigenvalue weighted by molar-refractivity contribution is -0.137. The largest absolute Gasteiger partial charge is 0.452 e. The van der Waals surface area contributed by atoms with E-state index in [2.05, 4.69) is 11.8 Å². The van der Waals surface area contributed by atoms with Gasteiger partial charge in [0, 0.05) is 11.5 Å². The highest BCUT2D eigenvalue weighted by molar-refractivity contribution is 5.41. The number of alkyl halides is 3. The highest BCUT2D eigenvalue weighted by Gasteiger charge is 2.29. The summed E-state index contributed by atoms with van der Waals surface area (Å²) in [5, 5.41) is 0. The van der Waals surface area contributed by atoms with Gasteiger partial charge < -0.3 is 4.42 Å². The first-order valence-electron chi connectivity index (χ1n) is 6.15. The lowest BCUT2D eigenvalue weighted by Gasteiger charge is -2.05. The van der Waals surface area contributed by atoms with Crippen LogP contribution in [0.5, 0.6) is 0 Å². The SMILES string of the molecule is CC(C)c1ccc(C#Cc2ccc(C(F)(F)F)cc2)o1. The molecule has 0 spiro atoms. The van der Waals surface area contributed by atoms with Crippen molar-refractivity contribution in [1.29, 1.82) is 0 Å². The molecule has 0 atom stereocenters. The summed E-state index contributed by atoms with van der Waals surface area (Å²) in [7, 11) is 0. The molecule has 4 heteroatoms. The standard InChI is InChI=1S/C16H13F3O/c1-11(2)15-10-9-14(20-15)8-5-12-3-6-13(7-4-12)16(17,18)19/h3-4,6-7,9-11H,1-2H3. The molecule has 0 aliphatic carbocycles. The van der Waals surface area contributed by atoms with Crippen molar-refractivity contribution in [3.63, 3.8) is 0 Å². The molecule has 0 saturated heterocycles. The molecule has 1 aromatic heterocycles. The summed E-state index contributed by atoms with van der Waals surface area (Å²) in [4.78, 5) is 0. The number of benzene rings is 1. The van der Waals surface area contributed by atoms with Gasteiger partial charge in [0.1, 0.15) is 5.76 Å². The monoisotopic (exact) mass is 278 g/mol. The molecule has 1 heterocycles. The number of hydrogen-bond donors (Lipinski definition) is 0. The summed E-state index contributed by atoms with van der Waals surface area (Å²) in [6, 6.07) is 8.34. The van der Waals surface area contributed by atoms with Gasteiger partial charge in [-0.2, -0.15) is 13.2 Å². The van der Waals surface area contributed by atoms with Crippen molar-refractivity contribution in [3.8, 4) is 11.8 Å². The van der Waals surface area contributed by atoms with E-state index >= 15 is 0 Å². The van der Waals surface area contributed by atoms with Gasteiger partial charge in [-0.25, -0.2) is 0 Å². The Kier molecular flexibility index (Phi) is 3.89. The molecule has 0 saturated carbocycles. The quantitative estimate of drug-likeness (QED) is 0.681. The molecule has 0 amide bonds. The van der Waals surface area contributed by atoms with Crippen LogP contribution in [0, 0.1) is 11.8 Å². The smallest absolute Gasteiger partial charge is 0.416 e. The van der Waals surface area contributed by atoms with Crippen LogP contribution in [0.4, 0.5) is 13.2 Å². The van der Waals surface area contributed by atoms with Crippen LogP contribution in [0.15, 0.2) is 40.8 Å². The first-order valence-corrected chi connectivity index (χ1v) is 6.15. The van der Waals surface area contributed by atoms with Crippen molar-refractivity contribution < 1.29 is 17.6 Å². The van der Waals surface area contributed by atoms with Crippen molar-refractivity contribution in [2.45, 2.75) is 25.9 Å². The highest BCUT2D eigenvalue weighted by Crippen LogP contribution is 2.28. The second-order valence-electron chi connectivity index (χ2n) is 4.68. The van der Waals surface area contributed by atoms with Crippen molar-refractivity contribution >= 4 is 0 Å². The predicted molar refractivity (Wildman–Crippen MR) is 70.2 cm³/mol. The first kappa shape index (κ1) is 14.3. The van der Waals surface area contributed by atoms with E-state index in [0.717, 1.165) is 17.9 Å². The molecule has 1 nitrogen and oxygen atoms in total. The molecule has 1 aromatic carbocycles. The third-order valence-electron chi connectivity index (χ3n) is 2.74. The van der Waals surface area contributed by atoms with Crippen LogP contribution in [0.1, 0.15) is 42.4 Å². The second kappa shape index (κ2) is 5.46. The average Bonchev–Trinajstić information content (AvgIpc) is 2.85. The summed E-state index contributed by atoms with van der Waals surface area (Å²) in [5.74, 6) is 7.19. The van der Waals surface area contributed by atoms with E-state index in [1.165, 1.54) is 12.1 Å². The zero-order valence-corrected chi connectivity index (χ0v) is 11.1. The number of halogens is 3. The van der Waals surface area contributed by atoms with Crippen LogP contribution in [0.25, 0.3) is 0 Å².